The first kappa shape index (κ1) is 19.2. The van der Waals surface area contributed by atoms with Gasteiger partial charge in [-0.2, -0.15) is 0 Å². The van der Waals surface area contributed by atoms with Crippen LogP contribution in [0, 0.1) is 0 Å². The molecule has 0 spiro atoms. The average Bonchev–Trinajstić information content (AvgIpc) is 2.75. The van der Waals surface area contributed by atoms with Crippen LogP contribution < -0.4 is 4.74 Å². The van der Waals surface area contributed by atoms with Gasteiger partial charge in [0.15, 0.2) is 0 Å². The van der Waals surface area contributed by atoms with Crippen LogP contribution in [0.2, 0.25) is 0 Å². The predicted molar refractivity (Wildman–Crippen MR) is 116 cm³/mol. The van der Waals surface area contributed by atoms with Crippen molar-refractivity contribution >= 4 is 28.5 Å². The summed E-state index contributed by atoms with van der Waals surface area (Å²) in [6.45, 7) is -0.190. The molecule has 0 atom stereocenters. The van der Waals surface area contributed by atoms with Gasteiger partial charge in [-0.25, -0.2) is 0 Å². The summed E-state index contributed by atoms with van der Waals surface area (Å²) in [5, 5.41) is 11.7. The van der Waals surface area contributed by atoms with Gasteiger partial charge in [0.05, 0.1) is 13.0 Å². The fourth-order valence-corrected chi connectivity index (χ4v) is 4.22. The second-order valence-electron chi connectivity index (χ2n) is 6.60. The maximum atomic E-state index is 12.7. The maximum absolute atomic E-state index is 12.7. The zero-order valence-corrected chi connectivity index (χ0v) is 16.6. The van der Waals surface area contributed by atoms with Crippen molar-refractivity contribution in [1.29, 1.82) is 0 Å². The second kappa shape index (κ2) is 8.95. The number of carbonyl (C=O) groups is 1. The summed E-state index contributed by atoms with van der Waals surface area (Å²) in [7, 11) is 0. The quantitative estimate of drug-likeness (QED) is 0.336. The standard InChI is InChI=1S/C25H20O3S/c26-17-22-21-12-6-4-8-18(21)14-15-23(22)28-25(27)16-19-9-5-7-13-24(19)29-20-10-2-1-3-11-20/h1-15,26H,16-17H2. The highest BCUT2D eigenvalue weighted by atomic mass is 32.2. The fraction of sp³-hybridized carbons (Fsp3) is 0.0800. The van der Waals surface area contributed by atoms with Crippen LogP contribution >= 0.6 is 11.8 Å². The molecule has 29 heavy (non-hydrogen) atoms. The Labute approximate surface area is 174 Å². The summed E-state index contributed by atoms with van der Waals surface area (Å²) in [5.41, 5.74) is 1.54. The molecule has 0 aromatic heterocycles. The van der Waals surface area contributed by atoms with E-state index in [2.05, 4.69) is 0 Å². The number of aliphatic hydroxyl groups excluding tert-OH is 1. The lowest BCUT2D eigenvalue weighted by atomic mass is 10.0. The van der Waals surface area contributed by atoms with Crippen LogP contribution in [0.5, 0.6) is 5.75 Å². The normalized spacial score (nSPS) is 10.8. The number of rotatable bonds is 6. The molecule has 0 aliphatic heterocycles. The first-order chi connectivity index (χ1) is 14.2. The zero-order chi connectivity index (χ0) is 20.1. The highest BCUT2D eigenvalue weighted by molar-refractivity contribution is 7.99. The summed E-state index contributed by atoms with van der Waals surface area (Å²) < 4.78 is 5.65. The lowest BCUT2D eigenvalue weighted by Gasteiger charge is -2.13. The summed E-state index contributed by atoms with van der Waals surface area (Å²) in [4.78, 5) is 14.8. The van der Waals surface area contributed by atoms with Gasteiger partial charge in [0.2, 0.25) is 0 Å². The molecule has 4 aromatic rings. The fourth-order valence-electron chi connectivity index (χ4n) is 3.25. The van der Waals surface area contributed by atoms with E-state index in [1.165, 1.54) is 0 Å². The highest BCUT2D eigenvalue weighted by Gasteiger charge is 2.14. The Morgan fingerprint density at radius 2 is 1.55 bits per heavy atom. The third kappa shape index (κ3) is 4.50. The van der Waals surface area contributed by atoms with Crippen molar-refractivity contribution in [3.05, 3.63) is 102 Å². The molecular weight excluding hydrogens is 380 g/mol. The van der Waals surface area contributed by atoms with E-state index >= 15 is 0 Å². The van der Waals surface area contributed by atoms with E-state index in [0.717, 1.165) is 26.1 Å². The number of hydrogen-bond donors (Lipinski definition) is 1. The number of carbonyl (C=O) groups excluding carboxylic acids is 1. The molecule has 3 nitrogen and oxygen atoms in total. The lowest BCUT2D eigenvalue weighted by Crippen LogP contribution is -2.13. The maximum Gasteiger partial charge on any atom is 0.315 e. The largest absolute Gasteiger partial charge is 0.426 e. The van der Waals surface area contributed by atoms with E-state index in [1.807, 2.05) is 84.9 Å². The van der Waals surface area contributed by atoms with E-state index in [9.17, 15) is 9.90 Å². The molecule has 144 valence electrons. The summed E-state index contributed by atoms with van der Waals surface area (Å²) >= 11 is 1.62. The number of hydrogen-bond acceptors (Lipinski definition) is 4. The topological polar surface area (TPSA) is 46.5 Å². The van der Waals surface area contributed by atoms with E-state index < -0.39 is 0 Å². The van der Waals surface area contributed by atoms with Gasteiger partial charge in [0, 0.05) is 15.4 Å². The molecular formula is C25H20O3S. The number of fused-ring (bicyclic) bond motifs is 1. The van der Waals surface area contributed by atoms with Crippen LogP contribution in [-0.2, 0) is 17.8 Å². The zero-order valence-electron chi connectivity index (χ0n) is 15.7. The molecule has 0 bridgehead atoms. The van der Waals surface area contributed by atoms with E-state index in [-0.39, 0.29) is 19.0 Å². The van der Waals surface area contributed by atoms with Gasteiger partial charge in [-0.3, -0.25) is 4.79 Å². The van der Waals surface area contributed by atoms with Crippen LogP contribution in [0.15, 0.2) is 101 Å². The molecule has 4 rings (SSSR count). The molecule has 0 saturated carbocycles. The van der Waals surface area contributed by atoms with Crippen LogP contribution in [0.1, 0.15) is 11.1 Å². The SMILES string of the molecule is O=C(Cc1ccccc1Sc1ccccc1)Oc1ccc2ccccc2c1CO. The van der Waals surface area contributed by atoms with Crippen LogP contribution in [0.25, 0.3) is 10.8 Å². The van der Waals surface area contributed by atoms with E-state index in [1.54, 1.807) is 17.8 Å². The lowest BCUT2D eigenvalue weighted by molar-refractivity contribution is -0.133. The van der Waals surface area contributed by atoms with Crippen molar-refractivity contribution in [1.82, 2.24) is 0 Å². The van der Waals surface area contributed by atoms with Crippen LogP contribution in [0.3, 0.4) is 0 Å². The Morgan fingerprint density at radius 3 is 2.38 bits per heavy atom. The Morgan fingerprint density at radius 1 is 0.828 bits per heavy atom. The van der Waals surface area contributed by atoms with Crippen molar-refractivity contribution in [2.24, 2.45) is 0 Å². The van der Waals surface area contributed by atoms with Gasteiger partial charge in [-0.05, 0) is 40.6 Å². The Hall–Kier alpha value is -3.08. The van der Waals surface area contributed by atoms with Crippen molar-refractivity contribution in [3.63, 3.8) is 0 Å². The predicted octanol–water partition coefficient (Wildman–Crippen LogP) is 5.63. The Bertz CT molecular complexity index is 1140. The van der Waals surface area contributed by atoms with Crippen LogP contribution in [-0.4, -0.2) is 11.1 Å². The number of ether oxygens (including phenoxy) is 1. The van der Waals surface area contributed by atoms with Crippen molar-refractivity contribution < 1.29 is 14.6 Å². The molecule has 0 radical (unpaired) electrons. The molecule has 0 fully saturated rings. The first-order valence-corrected chi connectivity index (χ1v) is 10.2. The van der Waals surface area contributed by atoms with Crippen molar-refractivity contribution in [2.45, 2.75) is 22.8 Å². The van der Waals surface area contributed by atoms with Gasteiger partial charge in [0.1, 0.15) is 5.75 Å². The Balaban J connectivity index is 1.55. The minimum absolute atomic E-state index is 0.160. The van der Waals surface area contributed by atoms with E-state index in [0.29, 0.717) is 11.3 Å². The van der Waals surface area contributed by atoms with Gasteiger partial charge >= 0.3 is 5.97 Å². The minimum Gasteiger partial charge on any atom is -0.426 e. The van der Waals surface area contributed by atoms with Gasteiger partial charge in [-0.1, -0.05) is 78.5 Å². The van der Waals surface area contributed by atoms with Crippen molar-refractivity contribution in [2.75, 3.05) is 0 Å². The van der Waals surface area contributed by atoms with Gasteiger partial charge < -0.3 is 9.84 Å². The second-order valence-corrected chi connectivity index (χ2v) is 7.71. The molecule has 0 saturated heterocycles. The summed E-state index contributed by atoms with van der Waals surface area (Å²) in [5.74, 6) is 0.0560. The molecule has 0 heterocycles. The first-order valence-electron chi connectivity index (χ1n) is 9.37. The third-order valence-corrected chi connectivity index (χ3v) is 5.78. The van der Waals surface area contributed by atoms with Gasteiger partial charge in [0.25, 0.3) is 0 Å². The molecule has 1 N–H and O–H groups in total. The molecule has 4 heteroatoms. The number of esters is 1. The summed E-state index contributed by atoms with van der Waals surface area (Å²) in [6.07, 6.45) is 0.160. The number of aliphatic hydroxyl groups is 1. The van der Waals surface area contributed by atoms with Gasteiger partial charge in [-0.15, -0.1) is 0 Å². The highest BCUT2D eigenvalue weighted by Crippen LogP contribution is 2.31. The van der Waals surface area contributed by atoms with E-state index in [4.69, 9.17) is 4.74 Å². The molecule has 0 aliphatic rings. The third-order valence-electron chi connectivity index (χ3n) is 4.66. The summed E-state index contributed by atoms with van der Waals surface area (Å²) in [6, 6.07) is 29.3. The average molecular weight is 400 g/mol. The monoisotopic (exact) mass is 400 g/mol. The van der Waals surface area contributed by atoms with Crippen LogP contribution in [0.4, 0.5) is 0 Å². The molecule has 0 unspecified atom stereocenters. The smallest absolute Gasteiger partial charge is 0.315 e. The minimum atomic E-state index is -0.351. The number of benzene rings is 4. The Kier molecular flexibility index (Phi) is 5.94. The van der Waals surface area contributed by atoms with Crippen molar-refractivity contribution in [3.8, 4) is 5.75 Å². The molecule has 0 amide bonds. The molecule has 4 aromatic carbocycles. The molecule has 0 aliphatic carbocycles.